The fourth-order valence-electron chi connectivity index (χ4n) is 7.44. The number of hydrogen-bond acceptors (Lipinski definition) is 6. The zero-order chi connectivity index (χ0) is 31.6. The van der Waals surface area contributed by atoms with Crippen LogP contribution < -0.4 is 4.90 Å². The normalized spacial score (nSPS) is 27.6. The molecular formula is C35H41BrN2O5S. The van der Waals surface area contributed by atoms with Crippen LogP contribution in [-0.2, 0) is 25.5 Å². The molecule has 3 fully saturated rings. The van der Waals surface area contributed by atoms with E-state index in [9.17, 15) is 14.7 Å². The predicted octanol–water partition coefficient (Wildman–Crippen LogP) is 5.40. The highest BCUT2D eigenvalue weighted by Crippen LogP contribution is 2.68. The second kappa shape index (κ2) is 13.6. The van der Waals surface area contributed by atoms with Gasteiger partial charge in [0.2, 0.25) is 5.91 Å². The summed E-state index contributed by atoms with van der Waals surface area (Å²) in [5.41, 5.74) is 3.62. The van der Waals surface area contributed by atoms with Crippen LogP contribution in [-0.4, -0.2) is 74.5 Å². The van der Waals surface area contributed by atoms with Crippen molar-refractivity contribution in [2.24, 2.45) is 11.8 Å². The standard InChI is InChI=1S/C35H41BrN2O5S/c1-5-7-11-18-43-34(42)27-28-32(40)38(25(21-39)19-24-15-9-8-10-16-24)31(35(28)20-26(36)30(27)44-35)33(41)37(17-6-2)29-22(3)13-12-14-23(29)4/h5-6,8-10,12-16,25-28,30-31,39H,1-2,7,11,17-21H2,3-4H3/t25-,26?,27-,28+,30-,31?,35?/m1/s1. The Morgan fingerprint density at radius 1 is 1.16 bits per heavy atom. The number of carbonyl (C=O) groups excluding carboxylic acids is 3. The first kappa shape index (κ1) is 32.5. The molecule has 0 aliphatic carbocycles. The Morgan fingerprint density at radius 2 is 1.86 bits per heavy atom. The third kappa shape index (κ3) is 5.67. The molecule has 2 amide bonds. The lowest BCUT2D eigenvalue weighted by Crippen LogP contribution is -2.58. The number of nitrogens with zero attached hydrogens (tertiary/aromatic N) is 2. The molecule has 1 spiro atoms. The second-order valence-electron chi connectivity index (χ2n) is 12.0. The molecule has 2 bridgehead atoms. The number of para-hydroxylation sites is 1. The molecule has 3 heterocycles. The molecule has 3 aliphatic heterocycles. The van der Waals surface area contributed by atoms with Crippen molar-refractivity contribution in [2.75, 3.05) is 24.7 Å². The molecule has 44 heavy (non-hydrogen) atoms. The number of esters is 1. The maximum atomic E-state index is 15.1. The number of benzene rings is 2. The highest BCUT2D eigenvalue weighted by atomic mass is 79.9. The molecule has 1 N–H and O–H groups in total. The van der Waals surface area contributed by atoms with E-state index in [2.05, 4.69) is 29.1 Å². The van der Waals surface area contributed by atoms with Crippen LogP contribution in [0, 0.1) is 25.7 Å². The molecule has 3 aliphatic rings. The van der Waals surface area contributed by atoms with E-state index in [0.717, 1.165) is 28.8 Å². The molecule has 0 aromatic heterocycles. The highest BCUT2D eigenvalue weighted by Gasteiger charge is 2.76. The summed E-state index contributed by atoms with van der Waals surface area (Å²) < 4.78 is 4.87. The summed E-state index contributed by atoms with van der Waals surface area (Å²) in [6, 6.07) is 14.0. The number of aliphatic hydroxyl groups is 1. The van der Waals surface area contributed by atoms with Crippen molar-refractivity contribution in [3.8, 4) is 0 Å². The smallest absolute Gasteiger partial charge is 0.310 e. The number of ether oxygens (including phenoxy) is 1. The third-order valence-electron chi connectivity index (χ3n) is 9.24. The summed E-state index contributed by atoms with van der Waals surface area (Å²) in [5.74, 6) is -2.32. The summed E-state index contributed by atoms with van der Waals surface area (Å²) in [6.45, 7) is 11.8. The number of carbonyl (C=O) groups is 3. The van der Waals surface area contributed by atoms with E-state index in [1.165, 1.54) is 0 Å². The number of amides is 2. The minimum Gasteiger partial charge on any atom is -0.465 e. The molecule has 9 heteroatoms. The van der Waals surface area contributed by atoms with E-state index >= 15 is 4.79 Å². The van der Waals surface area contributed by atoms with Gasteiger partial charge in [-0.05, 0) is 56.2 Å². The fourth-order valence-corrected chi connectivity index (χ4v) is 11.0. The van der Waals surface area contributed by atoms with Gasteiger partial charge >= 0.3 is 5.97 Å². The number of likely N-dealkylation sites (tertiary alicyclic amines) is 1. The Labute approximate surface area is 272 Å². The van der Waals surface area contributed by atoms with Gasteiger partial charge in [0.05, 0.1) is 35.8 Å². The summed E-state index contributed by atoms with van der Waals surface area (Å²) in [7, 11) is 0. The van der Waals surface area contributed by atoms with Crippen molar-refractivity contribution in [1.29, 1.82) is 0 Å². The SMILES string of the molecule is C=CCCCOC(=O)[C@H]1[C@@H]2SC3(CC2Br)C(C(=O)N(CC=C)c2c(C)cccc2C)N([C@@H](CO)Cc2ccccc2)C(=O)[C@H]13. The average Bonchev–Trinajstić information content (AvgIpc) is 3.61. The fraction of sp³-hybridized carbons (Fsp3) is 0.457. The van der Waals surface area contributed by atoms with Gasteiger partial charge in [0.1, 0.15) is 6.04 Å². The molecule has 7 atom stereocenters. The van der Waals surface area contributed by atoms with Gasteiger partial charge in [-0.3, -0.25) is 14.4 Å². The molecule has 234 valence electrons. The largest absolute Gasteiger partial charge is 0.465 e. The van der Waals surface area contributed by atoms with Crippen LogP contribution >= 0.6 is 27.7 Å². The van der Waals surface area contributed by atoms with Gasteiger partial charge in [0.15, 0.2) is 0 Å². The number of unbranched alkanes of at least 4 members (excludes halogenated alkanes) is 1. The van der Waals surface area contributed by atoms with Gasteiger partial charge < -0.3 is 19.6 Å². The van der Waals surface area contributed by atoms with Crippen molar-refractivity contribution < 1.29 is 24.2 Å². The van der Waals surface area contributed by atoms with Crippen molar-refractivity contribution in [2.45, 2.75) is 66.4 Å². The summed E-state index contributed by atoms with van der Waals surface area (Å²) in [6.07, 6.45) is 5.79. The van der Waals surface area contributed by atoms with Gasteiger partial charge in [-0.25, -0.2) is 0 Å². The van der Waals surface area contributed by atoms with E-state index < -0.39 is 34.6 Å². The Hall–Kier alpha value is -2.88. The number of rotatable bonds is 13. The lowest BCUT2D eigenvalue weighted by molar-refractivity contribution is -0.154. The van der Waals surface area contributed by atoms with E-state index in [0.29, 0.717) is 19.3 Å². The van der Waals surface area contributed by atoms with Crippen molar-refractivity contribution in [3.05, 3.63) is 90.5 Å². The van der Waals surface area contributed by atoms with Crippen LogP contribution in [0.3, 0.4) is 0 Å². The van der Waals surface area contributed by atoms with Crippen molar-refractivity contribution in [1.82, 2.24) is 4.90 Å². The number of anilines is 1. The molecule has 2 aromatic rings. The molecule has 3 unspecified atom stereocenters. The number of aryl methyl sites for hydroxylation is 2. The van der Waals surface area contributed by atoms with Gasteiger partial charge in [0.25, 0.3) is 5.91 Å². The number of allylic oxidation sites excluding steroid dienone is 1. The molecular weight excluding hydrogens is 640 g/mol. The maximum absolute atomic E-state index is 15.1. The summed E-state index contributed by atoms with van der Waals surface area (Å²) in [5, 5.41) is 10.6. The quantitative estimate of drug-likeness (QED) is 0.132. The van der Waals surface area contributed by atoms with Gasteiger partial charge in [-0.15, -0.1) is 24.9 Å². The first-order valence-electron chi connectivity index (χ1n) is 15.2. The maximum Gasteiger partial charge on any atom is 0.310 e. The highest BCUT2D eigenvalue weighted by molar-refractivity contribution is 9.09. The Balaban J connectivity index is 1.61. The molecule has 7 nitrogen and oxygen atoms in total. The zero-order valence-electron chi connectivity index (χ0n) is 25.4. The number of alkyl halides is 1. The average molecular weight is 682 g/mol. The van der Waals surface area contributed by atoms with Gasteiger partial charge in [0, 0.05) is 22.3 Å². The summed E-state index contributed by atoms with van der Waals surface area (Å²) >= 11 is 5.40. The van der Waals surface area contributed by atoms with E-state index in [1.54, 1.807) is 33.7 Å². The predicted molar refractivity (Wildman–Crippen MR) is 179 cm³/mol. The Kier molecular flexibility index (Phi) is 10.1. The van der Waals surface area contributed by atoms with Crippen molar-refractivity contribution in [3.63, 3.8) is 0 Å². The molecule has 0 radical (unpaired) electrons. The Morgan fingerprint density at radius 3 is 2.50 bits per heavy atom. The van der Waals surface area contributed by atoms with Crippen LogP contribution in [0.4, 0.5) is 5.69 Å². The second-order valence-corrected chi connectivity index (χ2v) is 14.7. The van der Waals surface area contributed by atoms with Gasteiger partial charge in [-0.1, -0.05) is 76.6 Å². The summed E-state index contributed by atoms with van der Waals surface area (Å²) in [4.78, 5) is 46.7. The number of hydrogen-bond donors (Lipinski definition) is 1. The zero-order valence-corrected chi connectivity index (χ0v) is 27.8. The number of aliphatic hydroxyl groups excluding tert-OH is 1. The monoisotopic (exact) mass is 680 g/mol. The number of halogens is 1. The molecule has 3 saturated heterocycles. The number of fused-ring (bicyclic) bond motifs is 1. The van der Waals surface area contributed by atoms with Crippen LogP contribution in [0.1, 0.15) is 36.0 Å². The minimum atomic E-state index is -0.895. The van der Waals surface area contributed by atoms with Crippen LogP contribution in [0.2, 0.25) is 0 Å². The molecule has 0 saturated carbocycles. The van der Waals surface area contributed by atoms with Gasteiger partial charge in [-0.2, -0.15) is 0 Å². The van der Waals surface area contributed by atoms with E-state index in [-0.39, 0.29) is 41.6 Å². The lowest BCUT2D eigenvalue weighted by Gasteiger charge is -2.40. The van der Waals surface area contributed by atoms with Crippen molar-refractivity contribution >= 4 is 51.2 Å². The first-order valence-corrected chi connectivity index (χ1v) is 17.0. The lowest BCUT2D eigenvalue weighted by atomic mass is 9.71. The first-order chi connectivity index (χ1) is 21.2. The molecule has 2 aromatic carbocycles. The Bertz CT molecular complexity index is 1400. The molecule has 5 rings (SSSR count). The number of thioether (sulfide) groups is 1. The van der Waals surface area contributed by atoms with Crippen LogP contribution in [0.5, 0.6) is 0 Å². The van der Waals surface area contributed by atoms with E-state index in [1.807, 2.05) is 62.4 Å². The topological polar surface area (TPSA) is 87.2 Å². The minimum absolute atomic E-state index is 0.0766. The van der Waals surface area contributed by atoms with Crippen LogP contribution in [0.15, 0.2) is 73.8 Å². The van der Waals surface area contributed by atoms with Crippen LogP contribution in [0.25, 0.3) is 0 Å². The third-order valence-corrected chi connectivity index (χ3v) is 12.5. The van der Waals surface area contributed by atoms with E-state index in [4.69, 9.17) is 4.74 Å².